The van der Waals surface area contributed by atoms with Crippen LogP contribution >= 0.6 is 0 Å². The number of ether oxygens (including phenoxy) is 1. The van der Waals surface area contributed by atoms with Gasteiger partial charge in [0.2, 0.25) is 11.8 Å². The van der Waals surface area contributed by atoms with Crippen LogP contribution in [0, 0.1) is 18.3 Å². The number of rotatable bonds is 17. The van der Waals surface area contributed by atoms with Gasteiger partial charge in [-0.2, -0.15) is 0 Å². The Morgan fingerprint density at radius 3 is 2.72 bits per heavy atom. The smallest absolute Gasteiger partial charge is 0.257 e. The van der Waals surface area contributed by atoms with Gasteiger partial charge in [0.15, 0.2) is 0 Å². The Balaban J connectivity index is 2.39. The maximum absolute atomic E-state index is 12.7. The van der Waals surface area contributed by atoms with Crippen LogP contribution in [0.2, 0.25) is 0 Å². The summed E-state index contributed by atoms with van der Waals surface area (Å²) in [5, 5.41) is 2.98. The van der Waals surface area contributed by atoms with E-state index >= 15 is 0 Å². The molecule has 32 heavy (non-hydrogen) atoms. The normalized spacial score (nSPS) is 16.3. The Bertz CT molecular complexity index is 692. The molecular formula is C26H40N2O4. The molecule has 1 N–H and O–H groups in total. The van der Waals surface area contributed by atoms with Gasteiger partial charge in [0.1, 0.15) is 5.76 Å². The molecule has 6 nitrogen and oxygen atoms in total. The molecule has 2 atom stereocenters. The SMILES string of the molecule is C#CCCCC[C@H](C)C(=O)NCCCC[C@H]1C(OC)=CC(=O)N1C(=O)CCCCCC=C. The zero-order valence-electron chi connectivity index (χ0n) is 19.9. The Morgan fingerprint density at radius 2 is 2.03 bits per heavy atom. The first-order chi connectivity index (χ1) is 15.5. The summed E-state index contributed by atoms with van der Waals surface area (Å²) in [6.07, 6.45) is 18.2. The molecule has 0 aromatic heterocycles. The van der Waals surface area contributed by atoms with Crippen molar-refractivity contribution in [3.8, 4) is 12.3 Å². The van der Waals surface area contributed by atoms with Gasteiger partial charge in [0, 0.05) is 31.4 Å². The highest BCUT2D eigenvalue weighted by Crippen LogP contribution is 2.26. The molecule has 1 heterocycles. The average molecular weight is 445 g/mol. The van der Waals surface area contributed by atoms with Crippen molar-refractivity contribution in [1.82, 2.24) is 10.2 Å². The van der Waals surface area contributed by atoms with E-state index < -0.39 is 0 Å². The predicted octanol–water partition coefficient (Wildman–Crippen LogP) is 4.51. The molecule has 0 fully saturated rings. The number of imide groups is 1. The van der Waals surface area contributed by atoms with Crippen LogP contribution in [0.5, 0.6) is 0 Å². The Morgan fingerprint density at radius 1 is 1.25 bits per heavy atom. The van der Waals surface area contributed by atoms with Crippen LogP contribution in [0.3, 0.4) is 0 Å². The minimum atomic E-state index is -0.348. The molecule has 0 bridgehead atoms. The molecule has 0 aromatic rings. The number of hydrogen-bond acceptors (Lipinski definition) is 4. The molecule has 0 saturated heterocycles. The number of amides is 3. The zero-order valence-corrected chi connectivity index (χ0v) is 19.9. The second kappa shape index (κ2) is 16.1. The summed E-state index contributed by atoms with van der Waals surface area (Å²) in [5.74, 6) is 2.75. The Kier molecular flexibility index (Phi) is 13.9. The number of unbranched alkanes of at least 4 members (excludes halogenated alkanes) is 6. The maximum atomic E-state index is 12.7. The van der Waals surface area contributed by atoms with Crippen LogP contribution in [-0.2, 0) is 19.1 Å². The first kappa shape index (κ1) is 27.5. The lowest BCUT2D eigenvalue weighted by Gasteiger charge is -2.25. The molecule has 0 aliphatic carbocycles. The molecule has 1 aliphatic heterocycles. The van der Waals surface area contributed by atoms with Crippen molar-refractivity contribution in [2.45, 2.75) is 90.0 Å². The van der Waals surface area contributed by atoms with E-state index in [1.807, 2.05) is 13.0 Å². The van der Waals surface area contributed by atoms with Crippen molar-refractivity contribution in [2.75, 3.05) is 13.7 Å². The average Bonchev–Trinajstić information content (AvgIpc) is 3.11. The zero-order chi connectivity index (χ0) is 23.8. The number of nitrogens with one attached hydrogen (secondary N) is 1. The molecular weight excluding hydrogens is 404 g/mol. The molecule has 1 aliphatic rings. The van der Waals surface area contributed by atoms with Gasteiger partial charge in [-0.05, 0) is 51.4 Å². The van der Waals surface area contributed by atoms with Gasteiger partial charge in [-0.25, -0.2) is 0 Å². The molecule has 0 radical (unpaired) electrons. The van der Waals surface area contributed by atoms with Crippen molar-refractivity contribution >= 4 is 17.7 Å². The highest BCUT2D eigenvalue weighted by Gasteiger charge is 2.37. The summed E-state index contributed by atoms with van der Waals surface area (Å²) in [4.78, 5) is 38.6. The van der Waals surface area contributed by atoms with Gasteiger partial charge in [-0.3, -0.25) is 19.3 Å². The van der Waals surface area contributed by atoms with Crippen LogP contribution in [0.1, 0.15) is 84.0 Å². The number of methoxy groups -OCH3 is 1. The van der Waals surface area contributed by atoms with Crippen molar-refractivity contribution in [1.29, 1.82) is 0 Å². The summed E-state index contributed by atoms with van der Waals surface area (Å²) in [5.41, 5.74) is 0. The van der Waals surface area contributed by atoms with Crippen LogP contribution in [0.4, 0.5) is 0 Å². The molecule has 178 valence electrons. The number of nitrogens with zero attached hydrogens (tertiary/aromatic N) is 1. The van der Waals surface area contributed by atoms with Crippen LogP contribution in [-0.4, -0.2) is 42.3 Å². The molecule has 0 unspecified atom stereocenters. The summed E-state index contributed by atoms with van der Waals surface area (Å²) >= 11 is 0. The quantitative estimate of drug-likeness (QED) is 0.203. The first-order valence-corrected chi connectivity index (χ1v) is 11.9. The fraction of sp³-hybridized carbons (Fsp3) is 0.654. The summed E-state index contributed by atoms with van der Waals surface area (Å²) in [6, 6.07) is -0.348. The van der Waals surface area contributed by atoms with E-state index in [-0.39, 0.29) is 29.7 Å². The lowest BCUT2D eigenvalue weighted by molar-refractivity contribution is -0.143. The lowest BCUT2D eigenvalue weighted by Crippen LogP contribution is -2.40. The topological polar surface area (TPSA) is 75.7 Å². The second-order valence-corrected chi connectivity index (χ2v) is 8.39. The van der Waals surface area contributed by atoms with Gasteiger partial charge in [0.25, 0.3) is 5.91 Å². The van der Waals surface area contributed by atoms with Gasteiger partial charge in [-0.1, -0.05) is 25.8 Å². The molecule has 1 rings (SSSR count). The van der Waals surface area contributed by atoms with Crippen molar-refractivity contribution in [2.24, 2.45) is 5.92 Å². The van der Waals surface area contributed by atoms with E-state index in [9.17, 15) is 14.4 Å². The van der Waals surface area contributed by atoms with Crippen molar-refractivity contribution in [3.05, 3.63) is 24.5 Å². The van der Waals surface area contributed by atoms with Crippen molar-refractivity contribution in [3.63, 3.8) is 0 Å². The fourth-order valence-corrected chi connectivity index (χ4v) is 3.85. The summed E-state index contributed by atoms with van der Waals surface area (Å²) in [6.45, 7) is 6.22. The molecule has 6 heteroatoms. The van der Waals surface area contributed by atoms with E-state index in [0.29, 0.717) is 25.1 Å². The molecule has 0 aromatic carbocycles. The summed E-state index contributed by atoms with van der Waals surface area (Å²) < 4.78 is 5.37. The molecule has 3 amide bonds. The Hall–Kier alpha value is -2.55. The van der Waals surface area contributed by atoms with E-state index in [1.54, 1.807) is 0 Å². The van der Waals surface area contributed by atoms with E-state index in [0.717, 1.165) is 64.2 Å². The van der Waals surface area contributed by atoms with Crippen molar-refractivity contribution < 1.29 is 19.1 Å². The first-order valence-electron chi connectivity index (χ1n) is 11.9. The standard InChI is InChI=1S/C26H40N2O4/c1-5-7-9-11-13-18-24(29)28-22(23(32-4)20-25(28)30)17-14-15-19-27-26(31)21(3)16-12-10-8-6-2/h2,5,20-22H,1,7-19H2,3-4H3,(H,27,31)/t21-,22-/m0/s1. The third kappa shape index (κ3) is 9.72. The Labute approximate surface area is 193 Å². The largest absolute Gasteiger partial charge is 0.499 e. The molecule has 0 saturated carbocycles. The third-order valence-corrected chi connectivity index (χ3v) is 5.81. The number of terminal acetylenes is 1. The maximum Gasteiger partial charge on any atom is 0.257 e. The predicted molar refractivity (Wildman–Crippen MR) is 127 cm³/mol. The second-order valence-electron chi connectivity index (χ2n) is 8.39. The van der Waals surface area contributed by atoms with Gasteiger partial charge in [0.05, 0.1) is 13.2 Å². The highest BCUT2D eigenvalue weighted by atomic mass is 16.5. The van der Waals surface area contributed by atoms with Crippen LogP contribution < -0.4 is 5.32 Å². The summed E-state index contributed by atoms with van der Waals surface area (Å²) in [7, 11) is 1.53. The highest BCUT2D eigenvalue weighted by molar-refractivity contribution is 6.04. The number of allylic oxidation sites excluding steroid dienone is 1. The van der Waals surface area contributed by atoms with E-state index in [1.165, 1.54) is 18.1 Å². The number of carbonyl (C=O) groups is 3. The van der Waals surface area contributed by atoms with Crippen LogP contribution in [0.15, 0.2) is 24.5 Å². The molecule has 0 spiro atoms. The monoisotopic (exact) mass is 444 g/mol. The van der Waals surface area contributed by atoms with Crippen LogP contribution in [0.25, 0.3) is 0 Å². The minimum absolute atomic E-state index is 0.0251. The minimum Gasteiger partial charge on any atom is -0.499 e. The van der Waals surface area contributed by atoms with Gasteiger partial charge >= 0.3 is 0 Å². The van der Waals surface area contributed by atoms with Gasteiger partial charge in [-0.15, -0.1) is 18.9 Å². The fourth-order valence-electron chi connectivity index (χ4n) is 3.85. The lowest BCUT2D eigenvalue weighted by atomic mass is 10.0. The number of carbonyl (C=O) groups excluding carboxylic acids is 3. The third-order valence-electron chi connectivity index (χ3n) is 5.81. The van der Waals surface area contributed by atoms with Gasteiger partial charge < -0.3 is 10.1 Å². The van der Waals surface area contributed by atoms with E-state index in [4.69, 9.17) is 11.2 Å². The number of hydrogen-bond donors (Lipinski definition) is 1. The van der Waals surface area contributed by atoms with E-state index in [2.05, 4.69) is 17.8 Å².